The fourth-order valence-electron chi connectivity index (χ4n) is 3.89. The fourth-order valence-corrected chi connectivity index (χ4v) is 5.91. The van der Waals surface area contributed by atoms with Crippen LogP contribution in [0.1, 0.15) is 44.9 Å². The van der Waals surface area contributed by atoms with Crippen LogP contribution in [0.15, 0.2) is 12.4 Å². The number of hydrogen-bond acceptors (Lipinski definition) is 4. The smallest absolute Gasteiger partial charge is 0.217 e. The first-order chi connectivity index (χ1) is 11.6. The maximum absolute atomic E-state index is 12.8. The third kappa shape index (κ3) is 4.00. The van der Waals surface area contributed by atoms with Crippen LogP contribution in [0.5, 0.6) is 0 Å². The number of aryl methyl sites for hydroxylation is 1. The van der Waals surface area contributed by atoms with Crippen LogP contribution in [0.25, 0.3) is 0 Å². The van der Waals surface area contributed by atoms with Crippen molar-refractivity contribution in [3.05, 3.63) is 18.2 Å². The Bertz CT molecular complexity index is 614. The lowest BCUT2D eigenvalue weighted by Gasteiger charge is -2.36. The van der Waals surface area contributed by atoms with E-state index in [1.807, 2.05) is 12.4 Å². The SMILES string of the molecule is CCc1nccn1CCN1CCN(S(=O)(=O)C2CCCCC2)CC1. The highest BCUT2D eigenvalue weighted by Gasteiger charge is 2.34. The van der Waals surface area contributed by atoms with Gasteiger partial charge in [0.25, 0.3) is 0 Å². The van der Waals surface area contributed by atoms with Crippen molar-refractivity contribution in [2.24, 2.45) is 0 Å². The van der Waals surface area contributed by atoms with Crippen molar-refractivity contribution in [2.45, 2.75) is 57.2 Å². The van der Waals surface area contributed by atoms with E-state index in [-0.39, 0.29) is 5.25 Å². The van der Waals surface area contributed by atoms with Gasteiger partial charge in [-0.2, -0.15) is 4.31 Å². The minimum absolute atomic E-state index is 0.129. The van der Waals surface area contributed by atoms with Crippen LogP contribution < -0.4 is 0 Å². The number of piperazine rings is 1. The minimum atomic E-state index is -3.09. The number of imidazole rings is 1. The average molecular weight is 355 g/mol. The molecule has 1 saturated carbocycles. The third-order valence-electron chi connectivity index (χ3n) is 5.44. The maximum Gasteiger partial charge on any atom is 0.217 e. The van der Waals surface area contributed by atoms with E-state index in [0.717, 1.165) is 64.1 Å². The Morgan fingerprint density at radius 3 is 2.46 bits per heavy atom. The molecule has 1 aromatic heterocycles. The Kier molecular flexibility index (Phi) is 5.94. The second kappa shape index (κ2) is 7.97. The Morgan fingerprint density at radius 1 is 1.08 bits per heavy atom. The standard InChI is InChI=1S/C17H30N4O2S/c1-2-17-18-8-9-20(17)13-10-19-11-14-21(15-12-19)24(22,23)16-6-4-3-5-7-16/h8-9,16H,2-7,10-15H2,1H3. The van der Waals surface area contributed by atoms with Crippen LogP contribution in [0.4, 0.5) is 0 Å². The summed E-state index contributed by atoms with van der Waals surface area (Å²) in [5.41, 5.74) is 0. The van der Waals surface area contributed by atoms with Crippen molar-refractivity contribution in [3.8, 4) is 0 Å². The molecule has 0 atom stereocenters. The van der Waals surface area contributed by atoms with Gasteiger partial charge in [-0.1, -0.05) is 26.2 Å². The summed E-state index contributed by atoms with van der Waals surface area (Å²) >= 11 is 0. The quantitative estimate of drug-likeness (QED) is 0.781. The molecule has 2 fully saturated rings. The van der Waals surface area contributed by atoms with Crippen LogP contribution in [0, 0.1) is 0 Å². The molecule has 0 aromatic carbocycles. The zero-order chi connectivity index (χ0) is 17.0. The highest BCUT2D eigenvalue weighted by Crippen LogP contribution is 2.26. The lowest BCUT2D eigenvalue weighted by molar-refractivity contribution is 0.181. The number of aromatic nitrogens is 2. The summed E-state index contributed by atoms with van der Waals surface area (Å²) in [7, 11) is -3.09. The van der Waals surface area contributed by atoms with Crippen molar-refractivity contribution >= 4 is 10.0 Å². The summed E-state index contributed by atoms with van der Waals surface area (Å²) < 4.78 is 29.5. The fraction of sp³-hybridized carbons (Fsp3) is 0.824. The Morgan fingerprint density at radius 2 is 1.79 bits per heavy atom. The van der Waals surface area contributed by atoms with Gasteiger partial charge >= 0.3 is 0 Å². The summed E-state index contributed by atoms with van der Waals surface area (Å²) in [5.74, 6) is 1.12. The van der Waals surface area contributed by atoms with Gasteiger partial charge in [0.15, 0.2) is 0 Å². The zero-order valence-corrected chi connectivity index (χ0v) is 15.5. The highest BCUT2D eigenvalue weighted by atomic mass is 32.2. The van der Waals surface area contributed by atoms with E-state index >= 15 is 0 Å². The summed E-state index contributed by atoms with van der Waals surface area (Å²) in [4.78, 5) is 6.72. The van der Waals surface area contributed by atoms with E-state index in [1.54, 1.807) is 4.31 Å². The first-order valence-corrected chi connectivity index (χ1v) is 10.8. The van der Waals surface area contributed by atoms with E-state index in [0.29, 0.717) is 13.1 Å². The van der Waals surface area contributed by atoms with E-state index in [1.165, 1.54) is 6.42 Å². The minimum Gasteiger partial charge on any atom is -0.334 e. The molecule has 0 bridgehead atoms. The number of sulfonamides is 1. The van der Waals surface area contributed by atoms with Gasteiger partial charge in [-0.05, 0) is 12.8 Å². The van der Waals surface area contributed by atoms with Crippen LogP contribution >= 0.6 is 0 Å². The average Bonchev–Trinajstić information content (AvgIpc) is 3.08. The van der Waals surface area contributed by atoms with Crippen LogP contribution in [0.3, 0.4) is 0 Å². The van der Waals surface area contributed by atoms with E-state index in [2.05, 4.69) is 21.4 Å². The first-order valence-electron chi connectivity index (χ1n) is 9.32. The summed E-state index contributed by atoms with van der Waals surface area (Å²) in [6.07, 6.45) is 9.85. The van der Waals surface area contributed by atoms with E-state index in [9.17, 15) is 8.42 Å². The number of rotatable bonds is 6. The number of nitrogens with zero attached hydrogens (tertiary/aromatic N) is 4. The van der Waals surface area contributed by atoms with E-state index in [4.69, 9.17) is 0 Å². The van der Waals surface area contributed by atoms with Gasteiger partial charge in [0.05, 0.1) is 5.25 Å². The van der Waals surface area contributed by atoms with Gasteiger partial charge in [0.1, 0.15) is 5.82 Å². The zero-order valence-electron chi connectivity index (χ0n) is 14.7. The molecule has 136 valence electrons. The topological polar surface area (TPSA) is 58.4 Å². The molecule has 6 nitrogen and oxygen atoms in total. The molecule has 0 unspecified atom stereocenters. The molecule has 7 heteroatoms. The monoisotopic (exact) mass is 354 g/mol. The van der Waals surface area contributed by atoms with Crippen molar-refractivity contribution in [3.63, 3.8) is 0 Å². The third-order valence-corrected chi connectivity index (χ3v) is 7.84. The second-order valence-corrected chi connectivity index (χ2v) is 9.15. The van der Waals surface area contributed by atoms with E-state index < -0.39 is 10.0 Å². The van der Waals surface area contributed by atoms with Crippen molar-refractivity contribution < 1.29 is 8.42 Å². The first kappa shape index (κ1) is 17.9. The van der Waals surface area contributed by atoms with Gasteiger partial charge in [-0.15, -0.1) is 0 Å². The Hall–Kier alpha value is -0.920. The molecule has 0 spiro atoms. The lowest BCUT2D eigenvalue weighted by atomic mass is 10.0. The van der Waals surface area contributed by atoms with Gasteiger partial charge < -0.3 is 4.57 Å². The summed E-state index contributed by atoms with van der Waals surface area (Å²) in [6, 6.07) is 0. The molecule has 1 saturated heterocycles. The summed E-state index contributed by atoms with van der Waals surface area (Å²) in [6.45, 7) is 6.96. The van der Waals surface area contributed by atoms with Gasteiger partial charge in [-0.25, -0.2) is 13.4 Å². The molecule has 2 aliphatic rings. The molecule has 1 aliphatic carbocycles. The highest BCUT2D eigenvalue weighted by molar-refractivity contribution is 7.89. The summed E-state index contributed by atoms with van der Waals surface area (Å²) in [5, 5.41) is -0.129. The van der Waals surface area contributed by atoms with Crippen molar-refractivity contribution in [2.75, 3.05) is 32.7 Å². The molecule has 3 rings (SSSR count). The predicted molar refractivity (Wildman–Crippen MR) is 95.4 cm³/mol. The molecule has 24 heavy (non-hydrogen) atoms. The molecule has 1 aliphatic heterocycles. The van der Waals surface area contributed by atoms with Crippen LogP contribution in [-0.2, 0) is 23.0 Å². The predicted octanol–water partition coefficient (Wildman–Crippen LogP) is 1.73. The molecular weight excluding hydrogens is 324 g/mol. The largest absolute Gasteiger partial charge is 0.334 e. The molecule has 0 amide bonds. The maximum atomic E-state index is 12.8. The van der Waals surface area contributed by atoms with Gasteiger partial charge in [0.2, 0.25) is 10.0 Å². The van der Waals surface area contributed by atoms with Gasteiger partial charge in [0, 0.05) is 58.1 Å². The molecule has 0 N–H and O–H groups in total. The molecule has 0 radical (unpaired) electrons. The van der Waals surface area contributed by atoms with Crippen molar-refractivity contribution in [1.82, 2.24) is 18.8 Å². The van der Waals surface area contributed by atoms with Crippen LogP contribution in [0.2, 0.25) is 0 Å². The molecular formula is C17H30N4O2S. The van der Waals surface area contributed by atoms with Crippen LogP contribution in [-0.4, -0.2) is 65.1 Å². The number of hydrogen-bond donors (Lipinski definition) is 0. The Balaban J connectivity index is 1.48. The Labute approximate surface area is 145 Å². The van der Waals surface area contributed by atoms with Crippen molar-refractivity contribution in [1.29, 1.82) is 0 Å². The van der Waals surface area contributed by atoms with Gasteiger partial charge in [-0.3, -0.25) is 4.90 Å². The second-order valence-electron chi connectivity index (χ2n) is 6.94. The molecule has 2 heterocycles. The molecule has 1 aromatic rings. The lowest BCUT2D eigenvalue weighted by Crippen LogP contribution is -2.51. The normalized spacial score (nSPS) is 22.0.